The smallest absolute Gasteiger partial charge is 0.406 e. The number of ether oxygens (including phenoxy) is 1. The molecule has 0 aliphatic carbocycles. The van der Waals surface area contributed by atoms with Crippen LogP contribution < -0.4 is 10.1 Å². The lowest BCUT2D eigenvalue weighted by Crippen LogP contribution is -2.25. The number of rotatable bonds is 6. The number of alkyl halides is 3. The average Bonchev–Trinajstić information content (AvgIpc) is 2.34. The predicted octanol–water partition coefficient (Wildman–Crippen LogP) is 3.99. The van der Waals surface area contributed by atoms with Crippen LogP contribution in [0, 0.1) is 0 Å². The summed E-state index contributed by atoms with van der Waals surface area (Å²) in [6, 6.07) is 6.04. The van der Waals surface area contributed by atoms with E-state index in [4.69, 9.17) is 0 Å². The van der Waals surface area contributed by atoms with Gasteiger partial charge in [0.2, 0.25) is 0 Å². The van der Waals surface area contributed by atoms with Crippen LogP contribution in [-0.4, -0.2) is 24.4 Å². The molecule has 2 nitrogen and oxygen atoms in total. The molecule has 0 amide bonds. The third-order valence-corrected chi connectivity index (χ3v) is 3.70. The fourth-order valence-electron chi connectivity index (χ4n) is 1.50. The average molecular weight is 293 g/mol. The maximum Gasteiger partial charge on any atom is 0.573 e. The minimum atomic E-state index is -4.64. The fraction of sp³-hybridized carbons (Fsp3) is 0.538. The maximum absolute atomic E-state index is 12.0. The van der Waals surface area contributed by atoms with Crippen molar-refractivity contribution in [2.75, 3.05) is 12.8 Å². The summed E-state index contributed by atoms with van der Waals surface area (Å²) in [4.78, 5) is 0. The van der Waals surface area contributed by atoms with Gasteiger partial charge in [-0.25, -0.2) is 0 Å². The zero-order valence-electron chi connectivity index (χ0n) is 11.1. The van der Waals surface area contributed by atoms with Gasteiger partial charge in [0.15, 0.2) is 0 Å². The van der Waals surface area contributed by atoms with Crippen LogP contribution in [0.2, 0.25) is 0 Å². The van der Waals surface area contributed by atoms with Crippen LogP contribution in [0.15, 0.2) is 24.3 Å². The van der Waals surface area contributed by atoms with Crippen LogP contribution in [-0.2, 0) is 0 Å². The van der Waals surface area contributed by atoms with Gasteiger partial charge >= 0.3 is 6.36 Å². The van der Waals surface area contributed by atoms with Crippen LogP contribution in [0.4, 0.5) is 13.2 Å². The Kier molecular flexibility index (Phi) is 6.00. The highest BCUT2D eigenvalue weighted by atomic mass is 32.2. The van der Waals surface area contributed by atoms with E-state index >= 15 is 0 Å². The van der Waals surface area contributed by atoms with E-state index in [9.17, 15) is 13.2 Å². The Labute approximate surface area is 115 Å². The zero-order chi connectivity index (χ0) is 14.5. The van der Waals surface area contributed by atoms with Crippen LogP contribution in [0.25, 0.3) is 0 Å². The van der Waals surface area contributed by atoms with Crippen molar-refractivity contribution >= 4 is 11.8 Å². The lowest BCUT2D eigenvalue weighted by molar-refractivity contribution is -0.274. The highest BCUT2D eigenvalue weighted by Gasteiger charge is 2.30. The van der Waals surface area contributed by atoms with Crippen LogP contribution >= 0.6 is 11.8 Å². The summed E-state index contributed by atoms with van der Waals surface area (Å²) in [6.45, 7) is 4.94. The molecule has 0 aliphatic heterocycles. The first-order valence-corrected chi connectivity index (χ1v) is 7.22. The normalized spacial score (nSPS) is 15.1. The van der Waals surface area contributed by atoms with Crippen LogP contribution in [0.5, 0.6) is 5.75 Å². The Morgan fingerprint density at radius 1 is 1.21 bits per heavy atom. The Balaban J connectivity index is 2.55. The van der Waals surface area contributed by atoms with Crippen molar-refractivity contribution in [3.63, 3.8) is 0 Å². The lowest BCUT2D eigenvalue weighted by atomic mass is 10.1. The number of hydrogen-bond donors (Lipinski definition) is 1. The van der Waals surface area contributed by atoms with E-state index in [1.54, 1.807) is 23.9 Å². The van der Waals surface area contributed by atoms with Crippen molar-refractivity contribution in [2.45, 2.75) is 31.5 Å². The minimum absolute atomic E-state index is 0.0922. The number of hydrogen-bond acceptors (Lipinski definition) is 3. The van der Waals surface area contributed by atoms with E-state index in [2.05, 4.69) is 17.0 Å². The van der Waals surface area contributed by atoms with Gasteiger partial charge in [-0.15, -0.1) is 13.2 Å². The molecule has 0 heterocycles. The van der Waals surface area contributed by atoms with E-state index in [1.165, 1.54) is 12.1 Å². The van der Waals surface area contributed by atoms with Gasteiger partial charge in [-0.05, 0) is 30.9 Å². The number of halogens is 3. The van der Waals surface area contributed by atoms with Crippen LogP contribution in [0.1, 0.15) is 25.5 Å². The summed E-state index contributed by atoms with van der Waals surface area (Å²) in [7, 11) is 0. The van der Waals surface area contributed by atoms with Crippen molar-refractivity contribution in [1.82, 2.24) is 5.32 Å². The summed E-state index contributed by atoms with van der Waals surface area (Å²) in [5, 5.41) is 3.83. The molecule has 0 saturated carbocycles. The van der Waals surface area contributed by atoms with E-state index in [0.29, 0.717) is 5.25 Å². The SMILES string of the molecule is CSC(C)CNC(C)c1ccc(OC(F)(F)F)cc1. The molecule has 2 unspecified atom stereocenters. The quantitative estimate of drug-likeness (QED) is 0.857. The number of benzene rings is 1. The monoisotopic (exact) mass is 293 g/mol. The minimum Gasteiger partial charge on any atom is -0.406 e. The molecule has 0 saturated heterocycles. The van der Waals surface area contributed by atoms with Gasteiger partial charge < -0.3 is 10.1 Å². The number of thioether (sulfide) groups is 1. The standard InChI is InChI=1S/C13H18F3NOS/c1-9(19-3)8-17-10(2)11-4-6-12(7-5-11)18-13(14,15)16/h4-7,9-10,17H,8H2,1-3H3. The van der Waals surface area contributed by atoms with Crippen molar-refractivity contribution in [3.05, 3.63) is 29.8 Å². The summed E-state index contributed by atoms with van der Waals surface area (Å²) < 4.78 is 39.9. The molecule has 1 rings (SSSR count). The van der Waals surface area contributed by atoms with E-state index in [1.807, 2.05) is 13.2 Å². The molecular weight excluding hydrogens is 275 g/mol. The second kappa shape index (κ2) is 7.05. The fourth-order valence-corrected chi connectivity index (χ4v) is 1.76. The van der Waals surface area contributed by atoms with Gasteiger partial charge in [0.1, 0.15) is 5.75 Å². The third-order valence-electron chi connectivity index (χ3n) is 2.73. The zero-order valence-corrected chi connectivity index (χ0v) is 11.9. The third kappa shape index (κ3) is 6.20. The molecule has 0 radical (unpaired) electrons. The molecule has 0 spiro atoms. The number of nitrogens with one attached hydrogen (secondary N) is 1. The Morgan fingerprint density at radius 3 is 2.26 bits per heavy atom. The van der Waals surface area contributed by atoms with Gasteiger partial charge in [-0.2, -0.15) is 11.8 Å². The van der Waals surface area contributed by atoms with Crippen LogP contribution in [0.3, 0.4) is 0 Å². The Morgan fingerprint density at radius 2 is 1.79 bits per heavy atom. The van der Waals surface area contributed by atoms with Crippen molar-refractivity contribution in [3.8, 4) is 5.75 Å². The first kappa shape index (κ1) is 16.2. The molecule has 1 aromatic rings. The predicted molar refractivity (Wildman–Crippen MR) is 72.5 cm³/mol. The molecule has 0 bridgehead atoms. The highest BCUT2D eigenvalue weighted by Crippen LogP contribution is 2.24. The molecule has 2 atom stereocenters. The highest BCUT2D eigenvalue weighted by molar-refractivity contribution is 7.99. The summed E-state index contributed by atoms with van der Waals surface area (Å²) in [5.74, 6) is -0.194. The maximum atomic E-state index is 12.0. The van der Waals surface area contributed by atoms with Gasteiger partial charge in [0.25, 0.3) is 0 Å². The van der Waals surface area contributed by atoms with Gasteiger partial charge in [0.05, 0.1) is 0 Å². The molecule has 108 valence electrons. The van der Waals surface area contributed by atoms with E-state index in [0.717, 1.165) is 12.1 Å². The van der Waals surface area contributed by atoms with Gasteiger partial charge in [-0.3, -0.25) is 0 Å². The molecule has 0 aromatic heterocycles. The van der Waals surface area contributed by atoms with Gasteiger partial charge in [0, 0.05) is 17.8 Å². The molecular formula is C13H18F3NOS. The second-order valence-electron chi connectivity index (χ2n) is 4.29. The van der Waals surface area contributed by atoms with Gasteiger partial charge in [-0.1, -0.05) is 19.1 Å². The summed E-state index contributed by atoms with van der Waals surface area (Å²) in [5.41, 5.74) is 0.933. The molecule has 0 aliphatic rings. The summed E-state index contributed by atoms with van der Waals surface area (Å²) >= 11 is 1.76. The molecule has 0 fully saturated rings. The lowest BCUT2D eigenvalue weighted by Gasteiger charge is -2.17. The Bertz CT molecular complexity index is 380. The first-order chi connectivity index (χ1) is 8.81. The van der Waals surface area contributed by atoms with Crippen molar-refractivity contribution in [1.29, 1.82) is 0 Å². The second-order valence-corrected chi connectivity index (χ2v) is 5.57. The molecule has 1 N–H and O–H groups in total. The molecule has 6 heteroatoms. The molecule has 19 heavy (non-hydrogen) atoms. The van der Waals surface area contributed by atoms with Crippen molar-refractivity contribution < 1.29 is 17.9 Å². The topological polar surface area (TPSA) is 21.3 Å². The molecule has 1 aromatic carbocycles. The van der Waals surface area contributed by atoms with E-state index < -0.39 is 6.36 Å². The van der Waals surface area contributed by atoms with E-state index in [-0.39, 0.29) is 11.8 Å². The Hall–Kier alpha value is -0.880. The first-order valence-electron chi connectivity index (χ1n) is 5.93. The summed E-state index contributed by atoms with van der Waals surface area (Å²) in [6.07, 6.45) is -2.60. The van der Waals surface area contributed by atoms with Crippen molar-refractivity contribution in [2.24, 2.45) is 0 Å². The largest absolute Gasteiger partial charge is 0.573 e.